The molecule has 1 amide bonds. The lowest BCUT2D eigenvalue weighted by Gasteiger charge is -2.07. The Kier molecular flexibility index (Phi) is 3.23. The molecule has 18 heavy (non-hydrogen) atoms. The van der Waals surface area contributed by atoms with Crippen molar-refractivity contribution >= 4 is 11.6 Å². The highest BCUT2D eigenvalue weighted by Crippen LogP contribution is 2.13. The molecule has 0 aliphatic rings. The highest BCUT2D eigenvalue weighted by atomic mass is 16.2. The van der Waals surface area contributed by atoms with Gasteiger partial charge in [0.1, 0.15) is 11.4 Å². The van der Waals surface area contributed by atoms with Gasteiger partial charge in [-0.3, -0.25) is 9.59 Å². The Bertz CT molecular complexity index is 647. The van der Waals surface area contributed by atoms with Crippen LogP contribution in [0.4, 0.5) is 5.69 Å². The van der Waals surface area contributed by atoms with Gasteiger partial charge in [0, 0.05) is 11.9 Å². The highest BCUT2D eigenvalue weighted by Gasteiger charge is 2.12. The smallest absolute Gasteiger partial charge is 0.263 e. The van der Waals surface area contributed by atoms with Crippen molar-refractivity contribution in [1.29, 1.82) is 0 Å². The summed E-state index contributed by atoms with van der Waals surface area (Å²) >= 11 is 0. The standard InChI is InChI=1S/C13H13N3O2/c1-8-5-3-4-6-11(8)16-13(18)10-7-14-9(2)15-12(10)17/h3-7H,1-2H3,(H,16,18)(H,14,15,17). The van der Waals surface area contributed by atoms with Crippen LogP contribution < -0.4 is 10.9 Å². The molecule has 1 aromatic heterocycles. The van der Waals surface area contributed by atoms with E-state index in [0.29, 0.717) is 11.5 Å². The number of aromatic nitrogens is 2. The van der Waals surface area contributed by atoms with Gasteiger partial charge in [-0.1, -0.05) is 18.2 Å². The van der Waals surface area contributed by atoms with Gasteiger partial charge >= 0.3 is 0 Å². The maximum atomic E-state index is 11.9. The lowest BCUT2D eigenvalue weighted by Crippen LogP contribution is -2.24. The molecule has 5 nitrogen and oxygen atoms in total. The molecule has 1 aromatic carbocycles. The third kappa shape index (κ3) is 2.45. The molecule has 0 atom stereocenters. The van der Waals surface area contributed by atoms with E-state index in [0.717, 1.165) is 5.56 Å². The quantitative estimate of drug-likeness (QED) is 0.842. The monoisotopic (exact) mass is 243 g/mol. The molecule has 0 saturated heterocycles. The minimum atomic E-state index is -0.460. The van der Waals surface area contributed by atoms with Gasteiger partial charge in [-0.15, -0.1) is 0 Å². The summed E-state index contributed by atoms with van der Waals surface area (Å²) in [4.78, 5) is 29.9. The van der Waals surface area contributed by atoms with Crippen LogP contribution in [0, 0.1) is 13.8 Å². The normalized spacial score (nSPS) is 10.1. The summed E-state index contributed by atoms with van der Waals surface area (Å²) in [5.74, 6) is 0.0190. The minimum absolute atomic E-state index is 0.00357. The summed E-state index contributed by atoms with van der Waals surface area (Å²) < 4.78 is 0. The molecule has 92 valence electrons. The largest absolute Gasteiger partial charge is 0.322 e. The molecule has 0 aliphatic heterocycles. The number of nitrogens with one attached hydrogen (secondary N) is 2. The van der Waals surface area contributed by atoms with E-state index >= 15 is 0 Å². The zero-order chi connectivity index (χ0) is 13.1. The van der Waals surface area contributed by atoms with Gasteiger partial charge in [-0.05, 0) is 25.5 Å². The number of carbonyl (C=O) groups is 1. The number of hydrogen-bond donors (Lipinski definition) is 2. The summed E-state index contributed by atoms with van der Waals surface area (Å²) in [6.07, 6.45) is 1.28. The van der Waals surface area contributed by atoms with Crippen molar-refractivity contribution in [2.45, 2.75) is 13.8 Å². The van der Waals surface area contributed by atoms with E-state index < -0.39 is 11.5 Å². The molecule has 2 rings (SSSR count). The number of amides is 1. The molecule has 2 aromatic rings. The zero-order valence-corrected chi connectivity index (χ0v) is 10.2. The van der Waals surface area contributed by atoms with E-state index in [1.807, 2.05) is 25.1 Å². The summed E-state index contributed by atoms with van der Waals surface area (Å²) in [6, 6.07) is 7.36. The van der Waals surface area contributed by atoms with Crippen molar-refractivity contribution < 1.29 is 4.79 Å². The molecule has 0 saturated carbocycles. The van der Waals surface area contributed by atoms with Gasteiger partial charge in [0.15, 0.2) is 0 Å². The average molecular weight is 243 g/mol. The van der Waals surface area contributed by atoms with Crippen LogP contribution in [0.15, 0.2) is 35.3 Å². The third-order valence-electron chi connectivity index (χ3n) is 2.56. The van der Waals surface area contributed by atoms with Gasteiger partial charge < -0.3 is 10.3 Å². The first-order valence-electron chi connectivity index (χ1n) is 5.51. The molecule has 0 radical (unpaired) electrons. The number of aryl methyl sites for hydroxylation is 2. The Morgan fingerprint density at radius 3 is 2.67 bits per heavy atom. The van der Waals surface area contributed by atoms with E-state index in [2.05, 4.69) is 15.3 Å². The molecule has 0 spiro atoms. The molecular formula is C13H13N3O2. The maximum Gasteiger partial charge on any atom is 0.263 e. The van der Waals surface area contributed by atoms with Crippen LogP contribution in [-0.4, -0.2) is 15.9 Å². The molecule has 0 unspecified atom stereocenters. The van der Waals surface area contributed by atoms with Gasteiger partial charge in [0.2, 0.25) is 0 Å². The second kappa shape index (κ2) is 4.83. The fourth-order valence-corrected chi connectivity index (χ4v) is 1.55. The Morgan fingerprint density at radius 2 is 2.00 bits per heavy atom. The van der Waals surface area contributed by atoms with E-state index in [4.69, 9.17) is 0 Å². The molecule has 0 bridgehead atoms. The van der Waals surface area contributed by atoms with Crippen LogP contribution in [0.2, 0.25) is 0 Å². The van der Waals surface area contributed by atoms with E-state index in [1.165, 1.54) is 6.20 Å². The van der Waals surface area contributed by atoms with Crippen molar-refractivity contribution in [3.63, 3.8) is 0 Å². The Labute approximate surface area is 104 Å². The van der Waals surface area contributed by atoms with Gasteiger partial charge in [0.25, 0.3) is 11.5 Å². The Hall–Kier alpha value is -2.43. The Morgan fingerprint density at radius 1 is 1.28 bits per heavy atom. The van der Waals surface area contributed by atoms with E-state index in [-0.39, 0.29) is 5.56 Å². The molecule has 2 N–H and O–H groups in total. The number of anilines is 1. The summed E-state index contributed by atoms with van der Waals surface area (Å²) in [5, 5.41) is 2.69. The second-order valence-electron chi connectivity index (χ2n) is 3.98. The number of H-pyrrole nitrogens is 1. The first kappa shape index (κ1) is 12.0. The number of nitrogens with zero attached hydrogens (tertiary/aromatic N) is 1. The fourth-order valence-electron chi connectivity index (χ4n) is 1.55. The topological polar surface area (TPSA) is 74.8 Å². The van der Waals surface area contributed by atoms with Crippen molar-refractivity contribution in [3.8, 4) is 0 Å². The number of benzene rings is 1. The van der Waals surface area contributed by atoms with Gasteiger partial charge in [0.05, 0.1) is 0 Å². The maximum absolute atomic E-state index is 11.9. The van der Waals surface area contributed by atoms with Crippen LogP contribution in [0.25, 0.3) is 0 Å². The molecule has 5 heteroatoms. The Balaban J connectivity index is 2.28. The SMILES string of the molecule is Cc1ncc(C(=O)Nc2ccccc2C)c(=O)[nH]1. The van der Waals surface area contributed by atoms with Crippen LogP contribution in [0.1, 0.15) is 21.7 Å². The fraction of sp³-hybridized carbons (Fsp3) is 0.154. The van der Waals surface area contributed by atoms with Crippen LogP contribution in [-0.2, 0) is 0 Å². The van der Waals surface area contributed by atoms with Crippen molar-refractivity contribution in [2.75, 3.05) is 5.32 Å². The number of aromatic amines is 1. The van der Waals surface area contributed by atoms with Crippen LogP contribution in [0.5, 0.6) is 0 Å². The first-order valence-corrected chi connectivity index (χ1v) is 5.51. The minimum Gasteiger partial charge on any atom is -0.322 e. The van der Waals surface area contributed by atoms with Crippen LogP contribution >= 0.6 is 0 Å². The van der Waals surface area contributed by atoms with Gasteiger partial charge in [-0.2, -0.15) is 0 Å². The first-order chi connectivity index (χ1) is 8.58. The molecule has 0 fully saturated rings. The molecular weight excluding hydrogens is 230 g/mol. The number of para-hydroxylation sites is 1. The lowest BCUT2D eigenvalue weighted by atomic mass is 10.2. The van der Waals surface area contributed by atoms with Crippen molar-refractivity contribution in [1.82, 2.24) is 9.97 Å². The molecule has 1 heterocycles. The number of carbonyl (C=O) groups excluding carboxylic acids is 1. The summed E-state index contributed by atoms with van der Waals surface area (Å²) in [5.41, 5.74) is 1.18. The second-order valence-corrected chi connectivity index (χ2v) is 3.98. The predicted octanol–water partition coefficient (Wildman–Crippen LogP) is 1.64. The molecule has 0 aliphatic carbocycles. The number of rotatable bonds is 2. The van der Waals surface area contributed by atoms with E-state index in [1.54, 1.807) is 13.0 Å². The predicted molar refractivity (Wildman–Crippen MR) is 68.7 cm³/mol. The highest BCUT2D eigenvalue weighted by molar-refractivity contribution is 6.04. The van der Waals surface area contributed by atoms with Gasteiger partial charge in [-0.25, -0.2) is 4.98 Å². The van der Waals surface area contributed by atoms with Crippen molar-refractivity contribution in [2.24, 2.45) is 0 Å². The van der Waals surface area contributed by atoms with Crippen LogP contribution in [0.3, 0.4) is 0 Å². The lowest BCUT2D eigenvalue weighted by molar-refractivity contribution is 0.102. The summed E-state index contributed by atoms with van der Waals surface area (Å²) in [6.45, 7) is 3.54. The third-order valence-corrected chi connectivity index (χ3v) is 2.56. The summed E-state index contributed by atoms with van der Waals surface area (Å²) in [7, 11) is 0. The average Bonchev–Trinajstić information content (AvgIpc) is 2.32. The van der Waals surface area contributed by atoms with Crippen molar-refractivity contribution in [3.05, 3.63) is 57.8 Å². The zero-order valence-electron chi connectivity index (χ0n) is 10.2. The number of hydrogen-bond acceptors (Lipinski definition) is 3. The van der Waals surface area contributed by atoms with E-state index in [9.17, 15) is 9.59 Å².